The van der Waals surface area contributed by atoms with Crippen molar-refractivity contribution in [3.05, 3.63) is 72.3 Å². The summed E-state index contributed by atoms with van der Waals surface area (Å²) < 4.78 is 7.18. The normalized spacial score (nSPS) is 10.7. The van der Waals surface area contributed by atoms with Crippen LogP contribution in [-0.2, 0) is 6.54 Å². The van der Waals surface area contributed by atoms with E-state index in [4.69, 9.17) is 4.42 Å². The van der Waals surface area contributed by atoms with E-state index in [0.717, 1.165) is 16.7 Å². The van der Waals surface area contributed by atoms with Crippen LogP contribution in [0, 0.1) is 13.8 Å². The highest BCUT2D eigenvalue weighted by atomic mass is 16.3. The first-order chi connectivity index (χ1) is 14.6. The summed E-state index contributed by atoms with van der Waals surface area (Å²) in [5, 5.41) is 10.2. The van der Waals surface area contributed by atoms with E-state index in [1.165, 1.54) is 6.39 Å². The molecule has 0 aliphatic rings. The van der Waals surface area contributed by atoms with Crippen LogP contribution in [-0.4, -0.2) is 37.2 Å². The maximum atomic E-state index is 12.7. The second-order valence-electron chi connectivity index (χ2n) is 6.86. The Morgan fingerprint density at radius 2 is 1.93 bits per heavy atom. The summed E-state index contributed by atoms with van der Waals surface area (Å²) in [4.78, 5) is 25.2. The Morgan fingerprint density at radius 3 is 2.73 bits per heavy atom. The molecule has 3 aromatic heterocycles. The highest BCUT2D eigenvalue weighted by Gasteiger charge is 2.19. The molecular weight excluding hydrogens is 382 g/mol. The Bertz CT molecular complexity index is 1150. The monoisotopic (exact) mass is 403 g/mol. The summed E-state index contributed by atoms with van der Waals surface area (Å²) >= 11 is 0. The maximum absolute atomic E-state index is 12.7. The Morgan fingerprint density at radius 1 is 1.10 bits per heavy atom. The van der Waals surface area contributed by atoms with Crippen molar-refractivity contribution >= 4 is 17.5 Å². The largest absolute Gasteiger partial charge is 0.443 e. The van der Waals surface area contributed by atoms with E-state index in [1.807, 2.05) is 38.1 Å². The molecule has 0 unspecified atom stereocenters. The standard InChI is InChI=1S/C21H21N7O2/c1-14-4-3-5-16(8-14)19-18(25-13-30-19)20(29)27-17-11-26-28(12-17)7-6-22-21-23-9-15(2)10-24-21/h3-5,8-13H,6-7H2,1-2H3,(H,27,29)(H,22,23,24). The van der Waals surface area contributed by atoms with E-state index in [2.05, 4.69) is 30.7 Å². The van der Waals surface area contributed by atoms with Gasteiger partial charge in [-0.1, -0.05) is 23.8 Å². The number of anilines is 2. The molecule has 0 aliphatic carbocycles. The lowest BCUT2D eigenvalue weighted by Gasteiger charge is -2.05. The van der Waals surface area contributed by atoms with E-state index in [9.17, 15) is 4.79 Å². The van der Waals surface area contributed by atoms with Gasteiger partial charge in [0.1, 0.15) is 0 Å². The summed E-state index contributed by atoms with van der Waals surface area (Å²) in [5.74, 6) is 0.646. The van der Waals surface area contributed by atoms with Crippen LogP contribution in [0.5, 0.6) is 0 Å². The van der Waals surface area contributed by atoms with Crippen LogP contribution in [0.25, 0.3) is 11.3 Å². The second-order valence-corrected chi connectivity index (χ2v) is 6.86. The minimum absolute atomic E-state index is 0.228. The number of benzene rings is 1. The van der Waals surface area contributed by atoms with Gasteiger partial charge in [-0.15, -0.1) is 0 Å². The van der Waals surface area contributed by atoms with Crippen LogP contribution in [0.4, 0.5) is 11.6 Å². The number of aromatic nitrogens is 5. The van der Waals surface area contributed by atoms with Crippen LogP contribution in [0.3, 0.4) is 0 Å². The molecule has 4 rings (SSSR count). The van der Waals surface area contributed by atoms with Crippen LogP contribution in [0.1, 0.15) is 21.6 Å². The van der Waals surface area contributed by atoms with Gasteiger partial charge in [0.05, 0.1) is 18.4 Å². The van der Waals surface area contributed by atoms with Gasteiger partial charge >= 0.3 is 0 Å². The molecule has 0 bridgehead atoms. The molecule has 4 aromatic rings. The van der Waals surface area contributed by atoms with Crippen LogP contribution >= 0.6 is 0 Å². The van der Waals surface area contributed by atoms with E-state index in [0.29, 0.717) is 30.5 Å². The number of nitrogens with zero attached hydrogens (tertiary/aromatic N) is 5. The van der Waals surface area contributed by atoms with Gasteiger partial charge in [-0.05, 0) is 25.5 Å². The van der Waals surface area contributed by atoms with E-state index < -0.39 is 0 Å². The van der Waals surface area contributed by atoms with Crippen molar-refractivity contribution in [3.8, 4) is 11.3 Å². The van der Waals surface area contributed by atoms with Gasteiger partial charge in [0, 0.05) is 30.7 Å². The average molecular weight is 403 g/mol. The predicted octanol–water partition coefficient (Wildman–Crippen LogP) is 3.31. The van der Waals surface area contributed by atoms with Crippen molar-refractivity contribution in [2.75, 3.05) is 17.2 Å². The third kappa shape index (κ3) is 4.52. The number of amides is 1. The van der Waals surface area contributed by atoms with Crippen LogP contribution in [0.2, 0.25) is 0 Å². The Balaban J connectivity index is 1.36. The fraction of sp³-hybridized carbons (Fsp3) is 0.190. The van der Waals surface area contributed by atoms with Gasteiger partial charge in [-0.3, -0.25) is 9.48 Å². The molecule has 3 heterocycles. The van der Waals surface area contributed by atoms with Crippen molar-refractivity contribution in [2.24, 2.45) is 0 Å². The number of oxazole rings is 1. The number of hydrogen-bond acceptors (Lipinski definition) is 7. The average Bonchev–Trinajstić information content (AvgIpc) is 3.39. The molecule has 0 aliphatic heterocycles. The summed E-state index contributed by atoms with van der Waals surface area (Å²) in [6.45, 7) is 5.10. The Labute approximate surface area is 173 Å². The molecule has 30 heavy (non-hydrogen) atoms. The van der Waals surface area contributed by atoms with Gasteiger partial charge < -0.3 is 15.1 Å². The van der Waals surface area contributed by atoms with Crippen molar-refractivity contribution in [3.63, 3.8) is 0 Å². The molecule has 0 spiro atoms. The summed E-state index contributed by atoms with van der Waals surface area (Å²) in [7, 11) is 0. The quantitative estimate of drug-likeness (QED) is 0.487. The third-order valence-electron chi connectivity index (χ3n) is 4.36. The van der Waals surface area contributed by atoms with Crippen molar-refractivity contribution < 1.29 is 9.21 Å². The Hall–Kier alpha value is -4.01. The lowest BCUT2D eigenvalue weighted by atomic mass is 10.1. The number of rotatable bonds is 7. The summed E-state index contributed by atoms with van der Waals surface area (Å²) in [5.41, 5.74) is 3.68. The summed E-state index contributed by atoms with van der Waals surface area (Å²) in [6, 6.07) is 7.72. The highest BCUT2D eigenvalue weighted by Crippen LogP contribution is 2.24. The van der Waals surface area contributed by atoms with Crippen LogP contribution < -0.4 is 10.6 Å². The zero-order valence-corrected chi connectivity index (χ0v) is 16.7. The zero-order chi connectivity index (χ0) is 20.9. The molecule has 1 amide bonds. The van der Waals surface area contributed by atoms with Crippen LogP contribution in [0.15, 0.2) is 59.9 Å². The van der Waals surface area contributed by atoms with Gasteiger partial charge in [-0.2, -0.15) is 5.10 Å². The molecule has 0 radical (unpaired) electrons. The molecule has 0 saturated heterocycles. The molecule has 9 heteroatoms. The lowest BCUT2D eigenvalue weighted by Crippen LogP contribution is -2.14. The topological polar surface area (TPSA) is 111 Å². The maximum Gasteiger partial charge on any atom is 0.278 e. The minimum Gasteiger partial charge on any atom is -0.443 e. The van der Waals surface area contributed by atoms with E-state index in [1.54, 1.807) is 29.5 Å². The van der Waals surface area contributed by atoms with Gasteiger partial charge in [0.25, 0.3) is 5.91 Å². The van der Waals surface area contributed by atoms with Gasteiger partial charge in [0.2, 0.25) is 5.95 Å². The SMILES string of the molecule is Cc1cnc(NCCn2cc(NC(=O)c3ncoc3-c3cccc(C)c3)cn2)nc1. The molecule has 0 atom stereocenters. The molecular formula is C21H21N7O2. The highest BCUT2D eigenvalue weighted by molar-refractivity contribution is 6.06. The fourth-order valence-corrected chi connectivity index (χ4v) is 2.91. The van der Waals surface area contributed by atoms with Crippen molar-refractivity contribution in [1.29, 1.82) is 0 Å². The Kier molecular flexibility index (Phi) is 5.51. The first-order valence-electron chi connectivity index (χ1n) is 9.45. The smallest absolute Gasteiger partial charge is 0.278 e. The van der Waals surface area contributed by atoms with Crippen molar-refractivity contribution in [2.45, 2.75) is 20.4 Å². The van der Waals surface area contributed by atoms with Crippen molar-refractivity contribution in [1.82, 2.24) is 24.7 Å². The van der Waals surface area contributed by atoms with Gasteiger partial charge in [0.15, 0.2) is 17.8 Å². The third-order valence-corrected chi connectivity index (χ3v) is 4.36. The van der Waals surface area contributed by atoms with Gasteiger partial charge in [-0.25, -0.2) is 15.0 Å². The number of carbonyl (C=O) groups is 1. The number of hydrogen-bond donors (Lipinski definition) is 2. The first kappa shape index (κ1) is 19.3. The van der Waals surface area contributed by atoms with E-state index in [-0.39, 0.29) is 11.6 Å². The molecule has 0 saturated carbocycles. The second kappa shape index (κ2) is 8.56. The molecule has 152 valence electrons. The molecule has 1 aromatic carbocycles. The lowest BCUT2D eigenvalue weighted by molar-refractivity contribution is 0.102. The number of aryl methyl sites for hydroxylation is 2. The zero-order valence-electron chi connectivity index (χ0n) is 16.7. The van der Waals surface area contributed by atoms with E-state index >= 15 is 0 Å². The summed E-state index contributed by atoms with van der Waals surface area (Å²) in [6.07, 6.45) is 8.13. The number of nitrogens with one attached hydrogen (secondary N) is 2. The predicted molar refractivity (Wildman–Crippen MR) is 112 cm³/mol. The molecule has 0 fully saturated rings. The fourth-order valence-electron chi connectivity index (χ4n) is 2.91. The minimum atomic E-state index is -0.356. The number of carbonyl (C=O) groups excluding carboxylic acids is 1. The first-order valence-corrected chi connectivity index (χ1v) is 9.45. The molecule has 2 N–H and O–H groups in total. The molecule has 9 nitrogen and oxygen atoms in total.